The number of halogens is 3. The number of anilines is 1. The molecule has 1 fully saturated rings. The monoisotopic (exact) mass is 299 g/mol. The van der Waals surface area contributed by atoms with Gasteiger partial charge in [0, 0.05) is 24.3 Å². The van der Waals surface area contributed by atoms with Crippen LogP contribution in [0.4, 0.5) is 18.9 Å². The second kappa shape index (κ2) is 4.91. The van der Waals surface area contributed by atoms with E-state index in [2.05, 4.69) is 4.98 Å². The SMILES string of the molecule is CC(C1CCOC1)n1c(C(F)(F)F)nc2cc(N)ccc21. The molecular weight excluding hydrogens is 283 g/mol. The van der Waals surface area contributed by atoms with Gasteiger partial charge in [-0.15, -0.1) is 0 Å². The molecule has 4 nitrogen and oxygen atoms in total. The zero-order chi connectivity index (χ0) is 15.2. The molecule has 114 valence electrons. The first-order chi connectivity index (χ1) is 9.88. The number of rotatable bonds is 2. The molecule has 0 bridgehead atoms. The van der Waals surface area contributed by atoms with Crippen LogP contribution in [-0.4, -0.2) is 22.8 Å². The lowest BCUT2D eigenvalue weighted by atomic mass is 10.00. The number of hydrogen-bond acceptors (Lipinski definition) is 3. The summed E-state index contributed by atoms with van der Waals surface area (Å²) in [5, 5.41) is 0. The molecule has 21 heavy (non-hydrogen) atoms. The van der Waals surface area contributed by atoms with E-state index in [-0.39, 0.29) is 17.5 Å². The Balaban J connectivity index is 2.17. The minimum atomic E-state index is -4.50. The first kappa shape index (κ1) is 14.2. The normalized spacial score (nSPS) is 21.0. The minimum Gasteiger partial charge on any atom is -0.399 e. The molecule has 0 spiro atoms. The average molecular weight is 299 g/mol. The number of ether oxygens (including phenoxy) is 1. The Morgan fingerprint density at radius 1 is 1.43 bits per heavy atom. The molecule has 1 aromatic heterocycles. The molecule has 1 aliphatic heterocycles. The molecule has 2 aromatic rings. The summed E-state index contributed by atoms with van der Waals surface area (Å²) in [6.45, 7) is 2.86. The maximum atomic E-state index is 13.3. The molecule has 0 aliphatic carbocycles. The van der Waals surface area contributed by atoms with Crippen molar-refractivity contribution in [2.75, 3.05) is 18.9 Å². The van der Waals surface area contributed by atoms with Gasteiger partial charge in [0.2, 0.25) is 5.82 Å². The molecular formula is C14H16F3N3O. The summed E-state index contributed by atoms with van der Waals surface area (Å²) in [5.74, 6) is -0.816. The van der Waals surface area contributed by atoms with Crippen LogP contribution in [0, 0.1) is 5.92 Å². The maximum Gasteiger partial charge on any atom is 0.449 e. The smallest absolute Gasteiger partial charge is 0.399 e. The summed E-state index contributed by atoms with van der Waals surface area (Å²) in [7, 11) is 0. The Morgan fingerprint density at radius 3 is 2.81 bits per heavy atom. The van der Waals surface area contributed by atoms with Gasteiger partial charge in [0.1, 0.15) is 0 Å². The number of nitrogen functional groups attached to an aromatic ring is 1. The lowest BCUT2D eigenvalue weighted by molar-refractivity contribution is -0.147. The van der Waals surface area contributed by atoms with Gasteiger partial charge in [-0.25, -0.2) is 4.98 Å². The zero-order valence-electron chi connectivity index (χ0n) is 11.5. The summed E-state index contributed by atoms with van der Waals surface area (Å²) < 4.78 is 46.4. The van der Waals surface area contributed by atoms with Crippen LogP contribution in [0.2, 0.25) is 0 Å². The molecule has 0 amide bonds. The highest BCUT2D eigenvalue weighted by Gasteiger charge is 2.40. The third-order valence-corrected chi connectivity index (χ3v) is 4.02. The van der Waals surface area contributed by atoms with Crippen molar-refractivity contribution < 1.29 is 17.9 Å². The van der Waals surface area contributed by atoms with Gasteiger partial charge >= 0.3 is 6.18 Å². The van der Waals surface area contributed by atoms with Crippen molar-refractivity contribution >= 4 is 16.7 Å². The van der Waals surface area contributed by atoms with Gasteiger partial charge in [-0.05, 0) is 31.5 Å². The highest BCUT2D eigenvalue weighted by molar-refractivity contribution is 5.80. The highest BCUT2D eigenvalue weighted by atomic mass is 19.4. The average Bonchev–Trinajstić information content (AvgIpc) is 3.03. The third kappa shape index (κ3) is 2.46. The van der Waals surface area contributed by atoms with Crippen molar-refractivity contribution in [2.45, 2.75) is 25.6 Å². The highest BCUT2D eigenvalue weighted by Crippen LogP contribution is 2.37. The summed E-state index contributed by atoms with van der Waals surface area (Å²) in [6, 6.07) is 4.33. The maximum absolute atomic E-state index is 13.3. The number of benzene rings is 1. The molecule has 1 aliphatic rings. The third-order valence-electron chi connectivity index (χ3n) is 4.02. The van der Waals surface area contributed by atoms with E-state index < -0.39 is 12.0 Å². The van der Waals surface area contributed by atoms with E-state index in [1.54, 1.807) is 19.1 Å². The van der Waals surface area contributed by atoms with Gasteiger partial charge in [-0.3, -0.25) is 0 Å². The molecule has 7 heteroatoms. The Morgan fingerprint density at radius 2 is 2.19 bits per heavy atom. The second-order valence-electron chi connectivity index (χ2n) is 5.42. The Hall–Kier alpha value is -1.76. The number of alkyl halides is 3. The fourth-order valence-electron chi connectivity index (χ4n) is 2.87. The van der Waals surface area contributed by atoms with Gasteiger partial charge in [-0.2, -0.15) is 13.2 Å². The molecule has 3 rings (SSSR count). The Kier molecular flexibility index (Phi) is 3.32. The first-order valence-corrected chi connectivity index (χ1v) is 6.80. The standard InChI is InChI=1S/C14H16F3N3O/c1-8(9-4-5-21-7-9)20-12-3-2-10(18)6-11(12)19-13(20)14(15,16)17/h2-3,6,8-9H,4-5,7,18H2,1H3. The summed E-state index contributed by atoms with van der Waals surface area (Å²) >= 11 is 0. The number of hydrogen-bond donors (Lipinski definition) is 1. The molecule has 2 unspecified atom stereocenters. The summed E-state index contributed by atoms with van der Waals surface area (Å²) in [4.78, 5) is 3.75. The van der Waals surface area contributed by atoms with E-state index in [1.165, 1.54) is 10.6 Å². The van der Waals surface area contributed by atoms with Crippen LogP contribution in [0.3, 0.4) is 0 Å². The van der Waals surface area contributed by atoms with Crippen LogP contribution in [0.5, 0.6) is 0 Å². The fourth-order valence-corrected chi connectivity index (χ4v) is 2.87. The Labute approximate surface area is 119 Å². The molecule has 1 aromatic carbocycles. The van der Waals surface area contributed by atoms with E-state index in [9.17, 15) is 13.2 Å². The quantitative estimate of drug-likeness (QED) is 0.866. The predicted molar refractivity (Wildman–Crippen MR) is 72.8 cm³/mol. The van der Waals surface area contributed by atoms with Crippen molar-refractivity contribution in [3.8, 4) is 0 Å². The summed E-state index contributed by atoms with van der Waals surface area (Å²) in [5.41, 5.74) is 6.77. The molecule has 0 radical (unpaired) electrons. The summed E-state index contributed by atoms with van der Waals surface area (Å²) in [6.07, 6.45) is -3.74. The zero-order valence-corrected chi connectivity index (χ0v) is 11.5. The molecule has 1 saturated heterocycles. The van der Waals surface area contributed by atoms with Crippen molar-refractivity contribution in [3.05, 3.63) is 24.0 Å². The van der Waals surface area contributed by atoms with Crippen LogP contribution in [0.25, 0.3) is 11.0 Å². The first-order valence-electron chi connectivity index (χ1n) is 6.80. The number of nitrogens with zero attached hydrogens (tertiary/aromatic N) is 2. The molecule has 0 saturated carbocycles. The number of aromatic nitrogens is 2. The van der Waals surface area contributed by atoms with Crippen molar-refractivity contribution in [1.82, 2.24) is 9.55 Å². The second-order valence-corrected chi connectivity index (χ2v) is 5.42. The van der Waals surface area contributed by atoms with Gasteiger partial charge in [0.15, 0.2) is 0 Å². The Bertz CT molecular complexity index is 659. The largest absolute Gasteiger partial charge is 0.449 e. The van der Waals surface area contributed by atoms with Crippen LogP contribution in [0.1, 0.15) is 25.2 Å². The minimum absolute atomic E-state index is 0.0565. The lowest BCUT2D eigenvalue weighted by Gasteiger charge is -2.23. The number of fused-ring (bicyclic) bond motifs is 1. The fraction of sp³-hybridized carbons (Fsp3) is 0.500. The van der Waals surface area contributed by atoms with Crippen molar-refractivity contribution in [1.29, 1.82) is 0 Å². The number of nitrogens with two attached hydrogens (primary N) is 1. The van der Waals surface area contributed by atoms with E-state index in [0.717, 1.165) is 6.42 Å². The van der Waals surface area contributed by atoms with E-state index in [0.29, 0.717) is 24.4 Å². The lowest BCUT2D eigenvalue weighted by Crippen LogP contribution is -2.23. The van der Waals surface area contributed by atoms with Crippen LogP contribution < -0.4 is 5.73 Å². The van der Waals surface area contributed by atoms with Gasteiger partial charge < -0.3 is 15.0 Å². The van der Waals surface area contributed by atoms with Crippen molar-refractivity contribution in [2.24, 2.45) is 5.92 Å². The van der Waals surface area contributed by atoms with E-state index in [4.69, 9.17) is 10.5 Å². The van der Waals surface area contributed by atoms with E-state index in [1.807, 2.05) is 0 Å². The van der Waals surface area contributed by atoms with E-state index >= 15 is 0 Å². The predicted octanol–water partition coefficient (Wildman–Crippen LogP) is 3.23. The van der Waals surface area contributed by atoms with Gasteiger partial charge in [-0.1, -0.05) is 0 Å². The van der Waals surface area contributed by atoms with Crippen LogP contribution in [0.15, 0.2) is 18.2 Å². The van der Waals surface area contributed by atoms with Crippen LogP contribution >= 0.6 is 0 Å². The number of imidazole rings is 1. The molecule has 2 heterocycles. The topological polar surface area (TPSA) is 53.1 Å². The van der Waals surface area contributed by atoms with Gasteiger partial charge in [0.25, 0.3) is 0 Å². The molecule has 2 N–H and O–H groups in total. The molecule has 2 atom stereocenters. The van der Waals surface area contributed by atoms with Crippen LogP contribution in [-0.2, 0) is 10.9 Å². The van der Waals surface area contributed by atoms with Crippen molar-refractivity contribution in [3.63, 3.8) is 0 Å². The van der Waals surface area contributed by atoms with Gasteiger partial charge in [0.05, 0.1) is 17.6 Å².